The summed E-state index contributed by atoms with van der Waals surface area (Å²) in [7, 11) is 0. The Bertz CT molecular complexity index is 324. The Labute approximate surface area is 105 Å². The first-order valence-corrected chi connectivity index (χ1v) is 6.41. The predicted octanol–water partition coefficient (Wildman–Crippen LogP) is 2.54. The van der Waals surface area contributed by atoms with Gasteiger partial charge in [-0.1, -0.05) is 31.2 Å². The van der Waals surface area contributed by atoms with E-state index in [1.165, 1.54) is 11.1 Å². The van der Waals surface area contributed by atoms with Crippen molar-refractivity contribution in [2.45, 2.75) is 52.2 Å². The Morgan fingerprint density at radius 1 is 1.12 bits per heavy atom. The molecule has 1 atom stereocenters. The van der Waals surface area contributed by atoms with Crippen LogP contribution >= 0.6 is 0 Å². The average Bonchev–Trinajstić information content (AvgIpc) is 2.27. The summed E-state index contributed by atoms with van der Waals surface area (Å²) < 4.78 is 0. The maximum absolute atomic E-state index is 9.93. The highest BCUT2D eigenvalue weighted by Gasteiger charge is 2.12. The van der Waals surface area contributed by atoms with Crippen LogP contribution in [0.1, 0.15) is 38.8 Å². The largest absolute Gasteiger partial charge is 0.391 e. The molecule has 0 bridgehead atoms. The van der Waals surface area contributed by atoms with Crippen molar-refractivity contribution in [3.05, 3.63) is 35.4 Å². The standard InChI is InChI=1S/C15H25NO/c1-5-12-6-8-13(9-7-12)10-14(17)11-16-15(2,3)4/h6-9,14,16-17H,5,10-11H2,1-4H3. The summed E-state index contributed by atoms with van der Waals surface area (Å²) in [6.45, 7) is 9.11. The van der Waals surface area contributed by atoms with Crippen LogP contribution in [0.2, 0.25) is 0 Å². The highest BCUT2D eigenvalue weighted by molar-refractivity contribution is 5.23. The van der Waals surface area contributed by atoms with Gasteiger partial charge in [-0.2, -0.15) is 0 Å². The smallest absolute Gasteiger partial charge is 0.0705 e. The second-order valence-electron chi connectivity index (χ2n) is 5.66. The molecule has 1 unspecified atom stereocenters. The van der Waals surface area contributed by atoms with Gasteiger partial charge in [0.25, 0.3) is 0 Å². The molecule has 0 saturated carbocycles. The van der Waals surface area contributed by atoms with Gasteiger partial charge in [-0.15, -0.1) is 0 Å². The lowest BCUT2D eigenvalue weighted by atomic mass is 10.0. The van der Waals surface area contributed by atoms with E-state index in [2.05, 4.69) is 57.3 Å². The molecule has 0 fully saturated rings. The van der Waals surface area contributed by atoms with Crippen LogP contribution in [0.4, 0.5) is 0 Å². The van der Waals surface area contributed by atoms with Crippen LogP contribution in [-0.2, 0) is 12.8 Å². The van der Waals surface area contributed by atoms with Gasteiger partial charge in [-0.05, 0) is 44.7 Å². The van der Waals surface area contributed by atoms with E-state index in [4.69, 9.17) is 0 Å². The fourth-order valence-corrected chi connectivity index (χ4v) is 1.68. The first-order chi connectivity index (χ1) is 7.90. The minimum atomic E-state index is -0.318. The lowest BCUT2D eigenvalue weighted by Gasteiger charge is -2.23. The van der Waals surface area contributed by atoms with E-state index in [0.29, 0.717) is 13.0 Å². The fraction of sp³-hybridized carbons (Fsp3) is 0.600. The van der Waals surface area contributed by atoms with Gasteiger partial charge >= 0.3 is 0 Å². The molecule has 2 N–H and O–H groups in total. The van der Waals surface area contributed by atoms with Crippen LogP contribution in [0.3, 0.4) is 0 Å². The molecule has 0 saturated heterocycles. The van der Waals surface area contributed by atoms with Crippen LogP contribution in [0, 0.1) is 0 Å². The third-order valence-electron chi connectivity index (χ3n) is 2.77. The number of hydrogen-bond acceptors (Lipinski definition) is 2. The van der Waals surface area contributed by atoms with E-state index < -0.39 is 0 Å². The molecule has 0 aliphatic heterocycles. The topological polar surface area (TPSA) is 32.3 Å². The summed E-state index contributed by atoms with van der Waals surface area (Å²) in [4.78, 5) is 0. The minimum absolute atomic E-state index is 0.0625. The van der Waals surface area contributed by atoms with Gasteiger partial charge in [0.1, 0.15) is 0 Å². The molecule has 1 rings (SSSR count). The SMILES string of the molecule is CCc1ccc(CC(O)CNC(C)(C)C)cc1. The van der Waals surface area contributed by atoms with Gasteiger partial charge in [0.2, 0.25) is 0 Å². The van der Waals surface area contributed by atoms with Crippen molar-refractivity contribution in [3.8, 4) is 0 Å². The predicted molar refractivity (Wildman–Crippen MR) is 73.3 cm³/mol. The average molecular weight is 235 g/mol. The highest BCUT2D eigenvalue weighted by atomic mass is 16.3. The number of aliphatic hydroxyl groups excluding tert-OH is 1. The van der Waals surface area contributed by atoms with Crippen LogP contribution in [0.25, 0.3) is 0 Å². The van der Waals surface area contributed by atoms with Crippen molar-refractivity contribution >= 4 is 0 Å². The number of aliphatic hydroxyl groups is 1. The molecule has 17 heavy (non-hydrogen) atoms. The molecule has 0 radical (unpaired) electrons. The van der Waals surface area contributed by atoms with E-state index >= 15 is 0 Å². The molecule has 2 nitrogen and oxygen atoms in total. The zero-order chi connectivity index (χ0) is 12.9. The van der Waals surface area contributed by atoms with E-state index in [1.54, 1.807) is 0 Å². The van der Waals surface area contributed by atoms with Crippen LogP contribution in [0.5, 0.6) is 0 Å². The summed E-state index contributed by atoms with van der Waals surface area (Å²) in [5, 5.41) is 13.2. The van der Waals surface area contributed by atoms with E-state index in [-0.39, 0.29) is 11.6 Å². The Hall–Kier alpha value is -0.860. The van der Waals surface area contributed by atoms with Crippen molar-refractivity contribution in [1.82, 2.24) is 5.32 Å². The third kappa shape index (κ3) is 5.85. The quantitative estimate of drug-likeness (QED) is 0.822. The van der Waals surface area contributed by atoms with E-state index in [0.717, 1.165) is 6.42 Å². The molecule has 0 spiro atoms. The summed E-state index contributed by atoms with van der Waals surface area (Å²) in [5.74, 6) is 0. The lowest BCUT2D eigenvalue weighted by molar-refractivity contribution is 0.161. The molecule has 1 aromatic carbocycles. The summed E-state index contributed by atoms with van der Waals surface area (Å²) in [6, 6.07) is 8.50. The molecule has 1 aromatic rings. The van der Waals surface area contributed by atoms with Gasteiger partial charge < -0.3 is 10.4 Å². The second-order valence-corrected chi connectivity index (χ2v) is 5.66. The molecule has 2 heteroatoms. The van der Waals surface area contributed by atoms with Crippen LogP contribution in [0.15, 0.2) is 24.3 Å². The van der Waals surface area contributed by atoms with Crippen molar-refractivity contribution < 1.29 is 5.11 Å². The number of rotatable bonds is 5. The number of hydrogen-bond donors (Lipinski definition) is 2. The van der Waals surface area contributed by atoms with Crippen molar-refractivity contribution in [3.63, 3.8) is 0 Å². The van der Waals surface area contributed by atoms with Gasteiger partial charge in [0, 0.05) is 12.1 Å². The highest BCUT2D eigenvalue weighted by Crippen LogP contribution is 2.08. The molecule has 0 aromatic heterocycles. The summed E-state index contributed by atoms with van der Waals surface area (Å²) >= 11 is 0. The number of nitrogens with one attached hydrogen (secondary N) is 1. The molecular weight excluding hydrogens is 210 g/mol. The zero-order valence-corrected chi connectivity index (χ0v) is 11.5. The maximum atomic E-state index is 9.93. The monoisotopic (exact) mass is 235 g/mol. The fourth-order valence-electron chi connectivity index (χ4n) is 1.68. The third-order valence-corrected chi connectivity index (χ3v) is 2.77. The first kappa shape index (κ1) is 14.2. The molecule has 0 heterocycles. The zero-order valence-electron chi connectivity index (χ0n) is 11.5. The normalized spacial score (nSPS) is 13.7. The van der Waals surface area contributed by atoms with Crippen molar-refractivity contribution in [1.29, 1.82) is 0 Å². The number of β-amino-alcohol motifs (C(OH)–C–C–N with tert-alkyl or cyclic N) is 1. The number of aryl methyl sites for hydroxylation is 1. The minimum Gasteiger partial charge on any atom is -0.391 e. The Morgan fingerprint density at radius 2 is 1.65 bits per heavy atom. The van der Waals surface area contributed by atoms with Crippen LogP contribution in [-0.4, -0.2) is 23.3 Å². The molecule has 0 aliphatic rings. The van der Waals surface area contributed by atoms with Gasteiger partial charge in [-0.25, -0.2) is 0 Å². The second kappa shape index (κ2) is 6.18. The van der Waals surface area contributed by atoms with Crippen molar-refractivity contribution in [2.24, 2.45) is 0 Å². The van der Waals surface area contributed by atoms with Gasteiger partial charge in [-0.3, -0.25) is 0 Å². The molecule has 96 valence electrons. The Morgan fingerprint density at radius 3 is 2.12 bits per heavy atom. The Kier molecular flexibility index (Phi) is 5.16. The van der Waals surface area contributed by atoms with E-state index in [9.17, 15) is 5.11 Å². The molecular formula is C15H25NO. The number of benzene rings is 1. The van der Waals surface area contributed by atoms with Crippen molar-refractivity contribution in [2.75, 3.05) is 6.54 Å². The first-order valence-electron chi connectivity index (χ1n) is 6.41. The lowest BCUT2D eigenvalue weighted by Crippen LogP contribution is -2.41. The molecule has 0 aliphatic carbocycles. The van der Waals surface area contributed by atoms with Gasteiger partial charge in [0.05, 0.1) is 6.10 Å². The Balaban J connectivity index is 2.42. The maximum Gasteiger partial charge on any atom is 0.0705 e. The molecule has 0 amide bonds. The van der Waals surface area contributed by atoms with Gasteiger partial charge in [0.15, 0.2) is 0 Å². The van der Waals surface area contributed by atoms with E-state index in [1.807, 2.05) is 0 Å². The van der Waals surface area contributed by atoms with Crippen LogP contribution < -0.4 is 5.32 Å². The summed E-state index contributed by atoms with van der Waals surface area (Å²) in [6.07, 6.45) is 1.46. The summed E-state index contributed by atoms with van der Waals surface area (Å²) in [5.41, 5.74) is 2.61.